The number of hydrogen-bond acceptors (Lipinski definition) is 6. The van der Waals surface area contributed by atoms with E-state index in [4.69, 9.17) is 4.42 Å². The third-order valence-electron chi connectivity index (χ3n) is 3.35. The van der Waals surface area contributed by atoms with Crippen molar-refractivity contribution in [3.05, 3.63) is 58.6 Å². The van der Waals surface area contributed by atoms with Crippen molar-refractivity contribution in [1.29, 1.82) is 0 Å². The van der Waals surface area contributed by atoms with Crippen molar-refractivity contribution in [1.82, 2.24) is 10.2 Å². The lowest BCUT2D eigenvalue weighted by Crippen LogP contribution is -2.07. The second-order valence-electron chi connectivity index (χ2n) is 5.35. The average Bonchev–Trinajstić information content (AvgIpc) is 3.09. The highest BCUT2D eigenvalue weighted by Crippen LogP contribution is 2.25. The summed E-state index contributed by atoms with van der Waals surface area (Å²) < 4.78 is 6.55. The molecule has 1 heterocycles. The first-order chi connectivity index (χ1) is 12.5. The molecule has 3 rings (SSSR count). The van der Waals surface area contributed by atoms with Crippen LogP contribution in [0.2, 0.25) is 0 Å². The molecule has 0 aliphatic rings. The second kappa shape index (κ2) is 8.29. The number of ketones is 1. The summed E-state index contributed by atoms with van der Waals surface area (Å²) in [5, 5.41) is 11.0. The number of Topliss-reactive ketones (excluding diaryl/α,β-unsaturated/α-hetero) is 1. The molecule has 0 bridgehead atoms. The average molecular weight is 432 g/mol. The number of halogens is 1. The summed E-state index contributed by atoms with van der Waals surface area (Å²) in [5.41, 5.74) is 2.02. The van der Waals surface area contributed by atoms with E-state index in [9.17, 15) is 9.59 Å². The number of carbonyl (C=O) groups is 2. The molecule has 3 aromatic rings. The summed E-state index contributed by atoms with van der Waals surface area (Å²) in [4.78, 5) is 23.3. The van der Waals surface area contributed by atoms with Crippen molar-refractivity contribution in [2.45, 2.75) is 12.1 Å². The molecular weight excluding hydrogens is 418 g/mol. The number of amides is 1. The first kappa shape index (κ1) is 18.3. The Kier molecular flexibility index (Phi) is 5.85. The minimum atomic E-state index is -0.155. The molecule has 1 aromatic heterocycles. The van der Waals surface area contributed by atoms with E-state index in [1.54, 1.807) is 24.3 Å². The van der Waals surface area contributed by atoms with Crippen LogP contribution in [0.3, 0.4) is 0 Å². The number of rotatable bonds is 6. The maximum atomic E-state index is 12.3. The Balaban J connectivity index is 1.59. The molecule has 0 radical (unpaired) electrons. The lowest BCUT2D eigenvalue weighted by molar-refractivity contribution is -0.114. The SMILES string of the molecule is CC(=O)Nc1ccc(C(=O)CSc2nnc(-c3ccc(Br)cc3)o2)cc1. The third-order valence-corrected chi connectivity index (χ3v) is 4.70. The van der Waals surface area contributed by atoms with Gasteiger partial charge in [0.15, 0.2) is 5.78 Å². The molecule has 132 valence electrons. The van der Waals surface area contributed by atoms with Crippen LogP contribution in [-0.2, 0) is 4.79 Å². The van der Waals surface area contributed by atoms with Crippen molar-refractivity contribution in [3.63, 3.8) is 0 Å². The van der Waals surface area contributed by atoms with Gasteiger partial charge in [0.25, 0.3) is 5.22 Å². The Hall–Kier alpha value is -2.45. The molecule has 26 heavy (non-hydrogen) atoms. The number of thioether (sulfide) groups is 1. The van der Waals surface area contributed by atoms with E-state index in [0.717, 1.165) is 10.0 Å². The number of hydrogen-bond donors (Lipinski definition) is 1. The quantitative estimate of drug-likeness (QED) is 0.458. The van der Waals surface area contributed by atoms with E-state index in [-0.39, 0.29) is 17.4 Å². The highest BCUT2D eigenvalue weighted by atomic mass is 79.9. The fourth-order valence-corrected chi connectivity index (χ4v) is 3.05. The van der Waals surface area contributed by atoms with E-state index in [1.165, 1.54) is 18.7 Å². The first-order valence-corrected chi connectivity index (χ1v) is 9.42. The molecule has 0 aliphatic heterocycles. The van der Waals surface area contributed by atoms with Crippen molar-refractivity contribution in [2.24, 2.45) is 0 Å². The molecule has 0 aliphatic carbocycles. The van der Waals surface area contributed by atoms with Gasteiger partial charge in [-0.05, 0) is 48.5 Å². The zero-order valence-electron chi connectivity index (χ0n) is 13.7. The van der Waals surface area contributed by atoms with Gasteiger partial charge in [-0.1, -0.05) is 27.7 Å². The maximum Gasteiger partial charge on any atom is 0.277 e. The summed E-state index contributed by atoms with van der Waals surface area (Å²) in [6.07, 6.45) is 0. The van der Waals surface area contributed by atoms with Gasteiger partial charge in [-0.15, -0.1) is 10.2 Å². The fourth-order valence-electron chi connectivity index (χ4n) is 2.13. The molecule has 0 fully saturated rings. The van der Waals surface area contributed by atoms with Gasteiger partial charge in [0.05, 0.1) is 5.75 Å². The van der Waals surface area contributed by atoms with Crippen LogP contribution in [0.15, 0.2) is 62.6 Å². The summed E-state index contributed by atoms with van der Waals surface area (Å²) in [6.45, 7) is 1.43. The number of anilines is 1. The van der Waals surface area contributed by atoms with Gasteiger partial charge >= 0.3 is 0 Å². The Morgan fingerprint density at radius 1 is 1.08 bits per heavy atom. The van der Waals surface area contributed by atoms with Crippen molar-refractivity contribution >= 4 is 45.1 Å². The van der Waals surface area contributed by atoms with Crippen LogP contribution in [0, 0.1) is 0 Å². The molecule has 1 amide bonds. The van der Waals surface area contributed by atoms with Gasteiger partial charge < -0.3 is 9.73 Å². The smallest absolute Gasteiger partial charge is 0.277 e. The summed E-state index contributed by atoms with van der Waals surface area (Å²) in [7, 11) is 0. The Bertz CT molecular complexity index is 924. The minimum absolute atomic E-state index is 0.0623. The number of benzene rings is 2. The van der Waals surface area contributed by atoms with Gasteiger partial charge in [0.1, 0.15) is 0 Å². The van der Waals surface area contributed by atoms with Gasteiger partial charge in [-0.3, -0.25) is 9.59 Å². The predicted molar refractivity (Wildman–Crippen MR) is 103 cm³/mol. The molecule has 2 aromatic carbocycles. The van der Waals surface area contributed by atoms with E-state index in [1.807, 2.05) is 24.3 Å². The minimum Gasteiger partial charge on any atom is -0.411 e. The largest absolute Gasteiger partial charge is 0.411 e. The molecular formula is C18H14BrN3O3S. The predicted octanol–water partition coefficient (Wildman–Crippen LogP) is 4.43. The van der Waals surface area contributed by atoms with E-state index in [0.29, 0.717) is 22.4 Å². The van der Waals surface area contributed by atoms with E-state index < -0.39 is 0 Å². The van der Waals surface area contributed by atoms with Crippen molar-refractivity contribution in [2.75, 3.05) is 11.1 Å². The van der Waals surface area contributed by atoms with E-state index in [2.05, 4.69) is 31.4 Å². The zero-order chi connectivity index (χ0) is 18.5. The van der Waals surface area contributed by atoms with Crippen LogP contribution < -0.4 is 5.32 Å². The standard InChI is InChI=1S/C18H14BrN3O3S/c1-11(23)20-15-8-4-12(5-9-15)16(24)10-26-18-22-21-17(25-18)13-2-6-14(19)7-3-13/h2-9H,10H2,1H3,(H,20,23). The topological polar surface area (TPSA) is 85.1 Å². The zero-order valence-corrected chi connectivity index (χ0v) is 16.1. The summed E-state index contributed by atoms with van der Waals surface area (Å²) >= 11 is 4.56. The van der Waals surface area contributed by atoms with Gasteiger partial charge in [0, 0.05) is 28.2 Å². The normalized spacial score (nSPS) is 10.5. The lowest BCUT2D eigenvalue weighted by atomic mass is 10.1. The first-order valence-electron chi connectivity index (χ1n) is 7.64. The van der Waals surface area contributed by atoms with Gasteiger partial charge in [0.2, 0.25) is 11.8 Å². The van der Waals surface area contributed by atoms with Crippen molar-refractivity contribution < 1.29 is 14.0 Å². The van der Waals surface area contributed by atoms with Crippen LogP contribution in [-0.4, -0.2) is 27.6 Å². The Morgan fingerprint density at radius 3 is 2.42 bits per heavy atom. The molecule has 0 atom stereocenters. The van der Waals surface area contributed by atoms with Crippen LogP contribution in [0.5, 0.6) is 0 Å². The highest BCUT2D eigenvalue weighted by molar-refractivity contribution is 9.10. The number of carbonyl (C=O) groups excluding carboxylic acids is 2. The number of aromatic nitrogens is 2. The molecule has 6 nitrogen and oxygen atoms in total. The van der Waals surface area contributed by atoms with Crippen LogP contribution in [0.4, 0.5) is 5.69 Å². The summed E-state index contributed by atoms with van der Waals surface area (Å²) in [6, 6.07) is 14.3. The van der Waals surface area contributed by atoms with Crippen LogP contribution in [0.25, 0.3) is 11.5 Å². The van der Waals surface area contributed by atoms with E-state index >= 15 is 0 Å². The van der Waals surface area contributed by atoms with Gasteiger partial charge in [-0.25, -0.2) is 0 Å². The Morgan fingerprint density at radius 2 is 1.77 bits per heavy atom. The molecule has 1 N–H and O–H groups in total. The maximum absolute atomic E-state index is 12.3. The fraction of sp³-hybridized carbons (Fsp3) is 0.111. The monoisotopic (exact) mass is 431 g/mol. The van der Waals surface area contributed by atoms with Crippen LogP contribution in [0.1, 0.15) is 17.3 Å². The molecule has 0 saturated heterocycles. The third kappa shape index (κ3) is 4.80. The van der Waals surface area contributed by atoms with Crippen LogP contribution >= 0.6 is 27.7 Å². The number of nitrogens with one attached hydrogen (secondary N) is 1. The Labute approximate surface area is 162 Å². The number of nitrogens with zero attached hydrogens (tertiary/aromatic N) is 2. The molecule has 8 heteroatoms. The molecule has 0 saturated carbocycles. The molecule has 0 spiro atoms. The van der Waals surface area contributed by atoms with Gasteiger partial charge in [-0.2, -0.15) is 0 Å². The highest BCUT2D eigenvalue weighted by Gasteiger charge is 2.12. The van der Waals surface area contributed by atoms with Crippen molar-refractivity contribution in [3.8, 4) is 11.5 Å². The lowest BCUT2D eigenvalue weighted by Gasteiger charge is -2.03. The molecule has 0 unspecified atom stereocenters. The summed E-state index contributed by atoms with van der Waals surface area (Å²) in [5.74, 6) is 0.374. The second-order valence-corrected chi connectivity index (χ2v) is 7.19.